The molecule has 0 bridgehead atoms. The minimum atomic E-state index is -0.513. The first-order chi connectivity index (χ1) is 23.8. The molecule has 0 aliphatic heterocycles. The lowest BCUT2D eigenvalue weighted by Gasteiger charge is -2.19. The van der Waals surface area contributed by atoms with Gasteiger partial charge in [0.25, 0.3) is 0 Å². The van der Waals surface area contributed by atoms with Crippen LogP contribution in [0, 0.1) is 0 Å². The molecule has 0 aliphatic carbocycles. The van der Waals surface area contributed by atoms with E-state index in [4.69, 9.17) is 52.1 Å². The molecule has 0 saturated heterocycles. The Morgan fingerprint density at radius 3 is 1.14 bits per heavy atom. The van der Waals surface area contributed by atoms with Gasteiger partial charge in [-0.25, -0.2) is 4.79 Å². The van der Waals surface area contributed by atoms with Gasteiger partial charge in [0.05, 0.1) is 119 Å². The average molecular weight is 712 g/mol. The number of unbranched alkanes of at least 4 members (excludes halogenated alkanes) is 6. The van der Waals surface area contributed by atoms with Crippen LogP contribution in [0.5, 0.6) is 0 Å². The second-order valence-electron chi connectivity index (χ2n) is 12.0. The molecule has 1 N–H and O–H groups in total. The Morgan fingerprint density at radius 2 is 0.776 bits per heavy atom. The number of carbonyl (C=O) groups excluding carboxylic acids is 2. The summed E-state index contributed by atoms with van der Waals surface area (Å²) in [4.78, 5) is 23.2. The van der Waals surface area contributed by atoms with Crippen LogP contribution < -0.4 is 5.32 Å². The molecule has 14 heteroatoms. The predicted molar refractivity (Wildman–Crippen MR) is 185 cm³/mol. The molecule has 0 saturated carbocycles. The highest BCUT2D eigenvalue weighted by Gasteiger charge is 2.15. The minimum Gasteiger partial charge on any atom is -0.463 e. The van der Waals surface area contributed by atoms with Crippen molar-refractivity contribution in [1.29, 1.82) is 0 Å². The third kappa shape index (κ3) is 42.5. The monoisotopic (exact) mass is 711 g/mol. The van der Waals surface area contributed by atoms with Crippen LogP contribution in [-0.4, -0.2) is 150 Å². The first-order valence-electron chi connectivity index (χ1n) is 18.2. The smallest absolute Gasteiger partial charge is 0.407 e. The van der Waals surface area contributed by atoms with Crippen molar-refractivity contribution in [2.75, 3.05) is 132 Å². The van der Waals surface area contributed by atoms with E-state index in [-0.39, 0.29) is 12.6 Å². The number of carbonyl (C=O) groups is 2. The number of hydrogen-bond donors (Lipinski definition) is 1. The maximum atomic E-state index is 11.7. The molecule has 14 nitrogen and oxygen atoms in total. The van der Waals surface area contributed by atoms with E-state index in [1.807, 2.05) is 20.8 Å². The Bertz CT molecular complexity index is 710. The van der Waals surface area contributed by atoms with Crippen LogP contribution in [-0.2, 0) is 56.9 Å². The third-order valence-electron chi connectivity index (χ3n) is 6.37. The second-order valence-corrected chi connectivity index (χ2v) is 12.0. The van der Waals surface area contributed by atoms with Gasteiger partial charge in [0, 0.05) is 13.0 Å². The molecule has 0 aromatic rings. The summed E-state index contributed by atoms with van der Waals surface area (Å²) in [5.74, 6) is -0.144. The predicted octanol–water partition coefficient (Wildman–Crippen LogP) is 4.34. The Hall–Kier alpha value is -1.62. The van der Waals surface area contributed by atoms with E-state index in [2.05, 4.69) is 12.2 Å². The maximum absolute atomic E-state index is 11.7. The molecule has 0 unspecified atom stereocenters. The van der Waals surface area contributed by atoms with Gasteiger partial charge in [0.15, 0.2) is 0 Å². The topological polar surface area (TPSA) is 148 Å². The first-order valence-corrected chi connectivity index (χ1v) is 18.2. The lowest BCUT2D eigenvalue weighted by Crippen LogP contribution is -2.34. The number of esters is 1. The molecule has 292 valence electrons. The van der Waals surface area contributed by atoms with Gasteiger partial charge in [-0.15, -0.1) is 0 Å². The normalized spacial score (nSPS) is 11.6. The average Bonchev–Trinajstić information content (AvgIpc) is 3.06. The van der Waals surface area contributed by atoms with E-state index < -0.39 is 11.7 Å². The molecule has 0 aromatic heterocycles. The van der Waals surface area contributed by atoms with Gasteiger partial charge in [-0.3, -0.25) is 4.79 Å². The Kier molecular flexibility index (Phi) is 36.4. The van der Waals surface area contributed by atoms with Crippen LogP contribution in [0.4, 0.5) is 4.79 Å². The lowest BCUT2D eigenvalue weighted by atomic mass is 10.1. The summed E-state index contributed by atoms with van der Waals surface area (Å²) in [7, 11) is 0. The summed E-state index contributed by atoms with van der Waals surface area (Å²) in [6.45, 7) is 16.7. The van der Waals surface area contributed by atoms with Crippen molar-refractivity contribution in [2.45, 2.75) is 84.7 Å². The van der Waals surface area contributed by atoms with Crippen molar-refractivity contribution in [2.24, 2.45) is 0 Å². The molecule has 0 radical (unpaired) electrons. The zero-order chi connectivity index (χ0) is 35.9. The van der Waals surface area contributed by atoms with Crippen LogP contribution in [0.15, 0.2) is 0 Å². The van der Waals surface area contributed by atoms with Crippen LogP contribution in [0.1, 0.15) is 79.1 Å². The van der Waals surface area contributed by atoms with E-state index in [0.717, 1.165) is 12.8 Å². The van der Waals surface area contributed by atoms with Gasteiger partial charge in [0.1, 0.15) is 12.2 Å². The molecular weight excluding hydrogens is 642 g/mol. The fraction of sp³-hybridized carbons (Fsp3) is 0.943. The van der Waals surface area contributed by atoms with E-state index >= 15 is 0 Å². The molecule has 0 heterocycles. The van der Waals surface area contributed by atoms with Crippen LogP contribution in [0.25, 0.3) is 0 Å². The summed E-state index contributed by atoms with van der Waals surface area (Å²) in [6, 6.07) is 0. The highest BCUT2D eigenvalue weighted by atomic mass is 16.6. The molecule has 0 spiro atoms. The molecular formula is C35H69NO13. The van der Waals surface area contributed by atoms with Crippen molar-refractivity contribution in [1.82, 2.24) is 5.32 Å². The van der Waals surface area contributed by atoms with Crippen molar-refractivity contribution in [3.63, 3.8) is 0 Å². The number of amides is 1. The first kappa shape index (κ1) is 47.4. The molecule has 0 fully saturated rings. The molecule has 49 heavy (non-hydrogen) atoms. The van der Waals surface area contributed by atoms with Crippen molar-refractivity contribution in [3.05, 3.63) is 0 Å². The van der Waals surface area contributed by atoms with Gasteiger partial charge < -0.3 is 57.4 Å². The summed E-state index contributed by atoms with van der Waals surface area (Å²) in [5.41, 5.74) is -0.513. The number of alkyl carbamates (subject to hydrolysis) is 1. The van der Waals surface area contributed by atoms with Gasteiger partial charge >= 0.3 is 12.1 Å². The highest BCUT2D eigenvalue weighted by molar-refractivity contribution is 5.69. The van der Waals surface area contributed by atoms with Gasteiger partial charge in [-0.2, -0.15) is 0 Å². The maximum Gasteiger partial charge on any atom is 0.407 e. The van der Waals surface area contributed by atoms with E-state index in [1.54, 1.807) is 0 Å². The second kappa shape index (κ2) is 37.6. The van der Waals surface area contributed by atoms with E-state index in [1.165, 1.54) is 32.1 Å². The van der Waals surface area contributed by atoms with Gasteiger partial charge in [-0.1, -0.05) is 45.4 Å². The summed E-state index contributed by atoms with van der Waals surface area (Å²) in [5, 5.41) is 2.63. The Balaban J connectivity index is 3.14. The molecule has 0 aliphatic rings. The van der Waals surface area contributed by atoms with Crippen molar-refractivity contribution >= 4 is 12.1 Å². The summed E-state index contributed by atoms with van der Waals surface area (Å²) >= 11 is 0. The summed E-state index contributed by atoms with van der Waals surface area (Å²) in [6.07, 6.45) is 8.32. The number of nitrogens with one attached hydrogen (secondary N) is 1. The van der Waals surface area contributed by atoms with Gasteiger partial charge in [-0.05, 0) is 27.2 Å². The Labute approximate surface area is 295 Å². The highest BCUT2D eigenvalue weighted by Crippen LogP contribution is 2.09. The largest absolute Gasteiger partial charge is 0.463 e. The van der Waals surface area contributed by atoms with E-state index in [9.17, 15) is 9.59 Å². The molecule has 0 aromatic carbocycles. The van der Waals surface area contributed by atoms with Crippen LogP contribution in [0.3, 0.4) is 0 Å². The quantitative estimate of drug-likeness (QED) is 0.0716. The lowest BCUT2D eigenvalue weighted by molar-refractivity contribution is -0.145. The molecule has 0 atom stereocenters. The molecule has 1 amide bonds. The zero-order valence-corrected chi connectivity index (χ0v) is 31.1. The third-order valence-corrected chi connectivity index (χ3v) is 6.37. The van der Waals surface area contributed by atoms with Crippen molar-refractivity contribution in [3.8, 4) is 0 Å². The van der Waals surface area contributed by atoms with Crippen molar-refractivity contribution < 1.29 is 61.7 Å². The minimum absolute atomic E-state index is 0.144. The fourth-order valence-electron chi connectivity index (χ4n) is 3.91. The van der Waals surface area contributed by atoms with Crippen LogP contribution >= 0.6 is 0 Å². The SMILES string of the molecule is CCCCCCCCCC(=O)OCCOCCOCCOCCOCCOCCOCCOCCOCCOCCNC(=O)OC(C)(C)C. The van der Waals surface area contributed by atoms with E-state index in [0.29, 0.717) is 132 Å². The number of hydrogen-bond acceptors (Lipinski definition) is 13. The Morgan fingerprint density at radius 1 is 0.449 bits per heavy atom. The number of ether oxygens (including phenoxy) is 11. The fourth-order valence-corrected chi connectivity index (χ4v) is 3.91. The zero-order valence-electron chi connectivity index (χ0n) is 31.1. The summed E-state index contributed by atoms with van der Waals surface area (Å²) < 4.78 is 59.4. The standard InChI is InChI=1S/C35H69NO13/c1-5-6-7-8-9-10-11-12-33(37)48-32-31-47-30-29-46-28-27-45-26-25-44-24-23-43-22-21-42-20-19-41-18-17-40-16-15-39-14-13-36-34(38)49-35(2,3)4/h5-32H2,1-4H3,(H,36,38). The molecule has 0 rings (SSSR count). The van der Waals surface area contributed by atoms with Crippen LogP contribution in [0.2, 0.25) is 0 Å². The number of rotatable bonds is 38. The van der Waals surface area contributed by atoms with Gasteiger partial charge in [0.2, 0.25) is 0 Å².